The van der Waals surface area contributed by atoms with Gasteiger partial charge in [-0.3, -0.25) is 4.79 Å². The van der Waals surface area contributed by atoms with Crippen LogP contribution in [0.1, 0.15) is 12.0 Å². The van der Waals surface area contributed by atoms with E-state index in [0.29, 0.717) is 15.2 Å². The minimum absolute atomic E-state index is 0.0678. The maximum absolute atomic E-state index is 11.5. The lowest BCUT2D eigenvalue weighted by atomic mass is 10.2. The molecule has 0 radical (unpaired) electrons. The Morgan fingerprint density at radius 2 is 2.11 bits per heavy atom. The molecule has 0 aliphatic rings. The summed E-state index contributed by atoms with van der Waals surface area (Å²) in [6.07, 6.45) is -0.122. The quantitative estimate of drug-likeness (QED) is 0.791. The fourth-order valence-electron chi connectivity index (χ4n) is 1.19. The number of hydrogen-bond acceptors (Lipinski definition) is 2. The maximum Gasteiger partial charge on any atom is 0.319 e. The Kier molecular flexibility index (Phi) is 5.43. The van der Waals surface area contributed by atoms with E-state index in [0.717, 1.165) is 5.56 Å². The number of anilines is 1. The maximum atomic E-state index is 11.5. The molecular weight excluding hydrogens is 323 g/mol. The van der Waals surface area contributed by atoms with E-state index in [1.807, 2.05) is 6.92 Å². The summed E-state index contributed by atoms with van der Waals surface area (Å²) in [7, 11) is 0. The molecule has 0 unspecified atom stereocenters. The van der Waals surface area contributed by atoms with E-state index in [2.05, 4.69) is 26.6 Å². The number of hydrogen-bond donors (Lipinski definition) is 3. The molecule has 0 aliphatic heterocycles. The van der Waals surface area contributed by atoms with Crippen LogP contribution in [0, 0.1) is 6.92 Å². The second-order valence-corrected chi connectivity index (χ2v) is 4.87. The molecule has 5 nitrogen and oxygen atoms in total. The summed E-state index contributed by atoms with van der Waals surface area (Å²) >= 11 is 9.25. The highest BCUT2D eigenvalue weighted by molar-refractivity contribution is 9.10. The number of benzene rings is 1. The predicted molar refractivity (Wildman–Crippen MR) is 73.2 cm³/mol. The zero-order chi connectivity index (χ0) is 13.7. The van der Waals surface area contributed by atoms with Crippen LogP contribution in [0.3, 0.4) is 0 Å². The number of carboxylic acid groups (broad SMARTS) is 1. The zero-order valence-corrected chi connectivity index (χ0v) is 11.9. The van der Waals surface area contributed by atoms with E-state index >= 15 is 0 Å². The number of carboxylic acids is 1. The Balaban J connectivity index is 2.59. The summed E-state index contributed by atoms with van der Waals surface area (Å²) in [5.74, 6) is -0.963. The minimum atomic E-state index is -0.963. The molecular formula is C11H12BrClN2O3. The topological polar surface area (TPSA) is 78.4 Å². The molecule has 3 N–H and O–H groups in total. The van der Waals surface area contributed by atoms with Crippen LogP contribution in [0.2, 0.25) is 5.02 Å². The molecule has 98 valence electrons. The molecule has 18 heavy (non-hydrogen) atoms. The predicted octanol–water partition coefficient (Wildman–Crippen LogP) is 3.01. The molecule has 0 aromatic heterocycles. The fourth-order valence-corrected chi connectivity index (χ4v) is 1.91. The molecule has 0 saturated carbocycles. The van der Waals surface area contributed by atoms with E-state index in [1.165, 1.54) is 0 Å². The number of amides is 2. The van der Waals surface area contributed by atoms with Crippen LogP contribution in [0.5, 0.6) is 0 Å². The largest absolute Gasteiger partial charge is 0.481 e. The monoisotopic (exact) mass is 334 g/mol. The third-order valence-corrected chi connectivity index (χ3v) is 3.18. The molecule has 0 atom stereocenters. The molecule has 2 amide bonds. The molecule has 0 spiro atoms. The number of aryl methyl sites for hydroxylation is 1. The molecule has 0 saturated heterocycles. The average molecular weight is 336 g/mol. The van der Waals surface area contributed by atoms with Crippen LogP contribution in [0.4, 0.5) is 10.5 Å². The first-order chi connectivity index (χ1) is 8.40. The number of carbonyl (C=O) groups excluding carboxylic acids is 1. The first-order valence-corrected chi connectivity index (χ1v) is 6.29. The van der Waals surface area contributed by atoms with E-state index in [4.69, 9.17) is 16.7 Å². The Labute approximate surface area is 118 Å². The van der Waals surface area contributed by atoms with Crippen molar-refractivity contribution in [3.8, 4) is 0 Å². The summed E-state index contributed by atoms with van der Waals surface area (Å²) < 4.78 is 0.706. The molecule has 0 aliphatic carbocycles. The second-order valence-electron chi connectivity index (χ2n) is 3.61. The van der Waals surface area contributed by atoms with Crippen molar-refractivity contribution < 1.29 is 14.7 Å². The van der Waals surface area contributed by atoms with Crippen LogP contribution in [0.25, 0.3) is 0 Å². The standard InChI is InChI=1S/C11H12BrClN2O3/c1-6-4-7(12)9(5-8(6)13)15-11(18)14-3-2-10(16)17/h4-5H,2-3H2,1H3,(H,16,17)(H2,14,15,18). The molecule has 0 fully saturated rings. The number of aliphatic carboxylic acids is 1. The highest BCUT2D eigenvalue weighted by Gasteiger charge is 2.08. The molecule has 0 bridgehead atoms. The Bertz CT molecular complexity index is 480. The minimum Gasteiger partial charge on any atom is -0.481 e. The van der Waals surface area contributed by atoms with Crippen LogP contribution in [-0.2, 0) is 4.79 Å². The lowest BCUT2D eigenvalue weighted by Crippen LogP contribution is -2.30. The SMILES string of the molecule is Cc1cc(Br)c(NC(=O)NCCC(=O)O)cc1Cl. The Hall–Kier alpha value is -1.27. The Morgan fingerprint density at radius 3 is 2.72 bits per heavy atom. The molecule has 1 aromatic carbocycles. The van der Waals surface area contributed by atoms with Gasteiger partial charge in [0.1, 0.15) is 0 Å². The van der Waals surface area contributed by atoms with Crippen molar-refractivity contribution in [2.45, 2.75) is 13.3 Å². The van der Waals surface area contributed by atoms with E-state index in [9.17, 15) is 9.59 Å². The third kappa shape index (κ3) is 4.54. The lowest BCUT2D eigenvalue weighted by molar-refractivity contribution is -0.136. The van der Waals surface area contributed by atoms with Gasteiger partial charge in [-0.25, -0.2) is 4.79 Å². The lowest BCUT2D eigenvalue weighted by Gasteiger charge is -2.10. The second kappa shape index (κ2) is 6.61. The van der Waals surface area contributed by atoms with Gasteiger partial charge in [-0.2, -0.15) is 0 Å². The van der Waals surface area contributed by atoms with Crippen molar-refractivity contribution in [3.05, 3.63) is 27.2 Å². The van der Waals surface area contributed by atoms with Crippen LogP contribution >= 0.6 is 27.5 Å². The van der Waals surface area contributed by atoms with Gasteiger partial charge in [0.25, 0.3) is 0 Å². The van der Waals surface area contributed by atoms with Gasteiger partial charge in [-0.1, -0.05) is 11.6 Å². The number of carbonyl (C=O) groups is 2. The molecule has 1 aromatic rings. The van der Waals surface area contributed by atoms with E-state index in [1.54, 1.807) is 12.1 Å². The number of urea groups is 1. The normalized spacial score (nSPS) is 9.94. The average Bonchev–Trinajstić information content (AvgIpc) is 2.25. The van der Waals surface area contributed by atoms with Crippen LogP contribution < -0.4 is 10.6 Å². The van der Waals surface area contributed by atoms with Crippen molar-refractivity contribution in [2.75, 3.05) is 11.9 Å². The third-order valence-electron chi connectivity index (χ3n) is 2.12. The van der Waals surface area contributed by atoms with Gasteiger partial charge in [0.15, 0.2) is 0 Å². The molecule has 7 heteroatoms. The fraction of sp³-hybridized carbons (Fsp3) is 0.273. The van der Waals surface area contributed by atoms with Gasteiger partial charge in [0, 0.05) is 16.0 Å². The molecule has 1 rings (SSSR count). The van der Waals surface area contributed by atoms with E-state index in [-0.39, 0.29) is 13.0 Å². The van der Waals surface area contributed by atoms with Gasteiger partial charge < -0.3 is 15.7 Å². The number of nitrogens with one attached hydrogen (secondary N) is 2. The van der Waals surface area contributed by atoms with Gasteiger partial charge in [0.2, 0.25) is 0 Å². The van der Waals surface area contributed by atoms with Crippen molar-refractivity contribution in [3.63, 3.8) is 0 Å². The van der Waals surface area contributed by atoms with Gasteiger partial charge in [-0.15, -0.1) is 0 Å². The Morgan fingerprint density at radius 1 is 1.44 bits per heavy atom. The van der Waals surface area contributed by atoms with E-state index < -0.39 is 12.0 Å². The highest BCUT2D eigenvalue weighted by atomic mass is 79.9. The van der Waals surface area contributed by atoms with Gasteiger partial charge >= 0.3 is 12.0 Å². The number of rotatable bonds is 4. The van der Waals surface area contributed by atoms with Crippen LogP contribution in [0.15, 0.2) is 16.6 Å². The van der Waals surface area contributed by atoms with Crippen LogP contribution in [-0.4, -0.2) is 23.7 Å². The first-order valence-electron chi connectivity index (χ1n) is 5.12. The zero-order valence-electron chi connectivity index (χ0n) is 9.59. The summed E-state index contributed by atoms with van der Waals surface area (Å²) in [5.41, 5.74) is 1.42. The first kappa shape index (κ1) is 14.8. The summed E-state index contributed by atoms with van der Waals surface area (Å²) in [4.78, 5) is 21.7. The van der Waals surface area contributed by atoms with Crippen molar-refractivity contribution in [1.82, 2.24) is 5.32 Å². The van der Waals surface area contributed by atoms with Crippen molar-refractivity contribution in [1.29, 1.82) is 0 Å². The van der Waals surface area contributed by atoms with Crippen molar-refractivity contribution in [2.24, 2.45) is 0 Å². The summed E-state index contributed by atoms with van der Waals surface area (Å²) in [5, 5.41) is 14.0. The smallest absolute Gasteiger partial charge is 0.319 e. The summed E-state index contributed by atoms with van der Waals surface area (Å²) in [6, 6.07) is 2.93. The number of halogens is 2. The highest BCUT2D eigenvalue weighted by Crippen LogP contribution is 2.28. The summed E-state index contributed by atoms with van der Waals surface area (Å²) in [6.45, 7) is 1.92. The van der Waals surface area contributed by atoms with Crippen molar-refractivity contribution >= 4 is 45.2 Å². The molecule has 0 heterocycles. The van der Waals surface area contributed by atoms with Gasteiger partial charge in [0.05, 0.1) is 12.1 Å². The van der Waals surface area contributed by atoms with Gasteiger partial charge in [-0.05, 0) is 40.5 Å².